The number of nitrogens with one attached hydrogen (secondary N) is 2. The number of rotatable bonds is 3. The van der Waals surface area contributed by atoms with Crippen molar-refractivity contribution in [2.45, 2.75) is 31.8 Å². The van der Waals surface area contributed by atoms with Gasteiger partial charge in [-0.15, -0.1) is 11.3 Å². The molecule has 3 rings (SSSR count). The molecule has 0 saturated carbocycles. The summed E-state index contributed by atoms with van der Waals surface area (Å²) >= 11 is 1.77. The molecule has 2 aliphatic heterocycles. The lowest BCUT2D eigenvalue weighted by atomic mass is 10.1. The van der Waals surface area contributed by atoms with E-state index in [2.05, 4.69) is 33.0 Å². The third kappa shape index (κ3) is 4.45. The number of carbonyl (C=O) groups excluding carboxylic acids is 2. The predicted octanol–water partition coefficient (Wildman–Crippen LogP) is 1.24. The average Bonchev–Trinajstić information content (AvgIpc) is 2.98. The SMILES string of the molecule is O=C1NCCCC[C@@H]1NC(=O)N1CCN(Cc2cccs2)CC1. The van der Waals surface area contributed by atoms with Crippen molar-refractivity contribution in [3.8, 4) is 0 Å². The monoisotopic (exact) mass is 336 g/mol. The number of thiophene rings is 1. The molecule has 2 fully saturated rings. The van der Waals surface area contributed by atoms with Crippen molar-refractivity contribution in [1.29, 1.82) is 0 Å². The van der Waals surface area contributed by atoms with Crippen LogP contribution in [-0.2, 0) is 11.3 Å². The lowest BCUT2D eigenvalue weighted by molar-refractivity contribution is -0.122. The van der Waals surface area contributed by atoms with Crippen LogP contribution in [0.5, 0.6) is 0 Å². The van der Waals surface area contributed by atoms with E-state index in [1.165, 1.54) is 4.88 Å². The Morgan fingerprint density at radius 3 is 2.87 bits per heavy atom. The lowest BCUT2D eigenvalue weighted by Crippen LogP contribution is -2.55. The van der Waals surface area contributed by atoms with Crippen LogP contribution >= 0.6 is 11.3 Å². The molecule has 0 bridgehead atoms. The fourth-order valence-corrected chi connectivity index (χ4v) is 3.80. The highest BCUT2D eigenvalue weighted by molar-refractivity contribution is 7.09. The summed E-state index contributed by atoms with van der Waals surface area (Å²) in [5, 5.41) is 7.85. The summed E-state index contributed by atoms with van der Waals surface area (Å²) in [5.74, 6) is -0.0489. The van der Waals surface area contributed by atoms with Gasteiger partial charge in [0.25, 0.3) is 0 Å². The predicted molar refractivity (Wildman–Crippen MR) is 90.3 cm³/mol. The van der Waals surface area contributed by atoms with Crippen molar-refractivity contribution < 1.29 is 9.59 Å². The highest BCUT2D eigenvalue weighted by Gasteiger charge is 2.26. The Kier molecular flexibility index (Phi) is 5.51. The van der Waals surface area contributed by atoms with E-state index >= 15 is 0 Å². The van der Waals surface area contributed by atoms with E-state index < -0.39 is 0 Å². The van der Waals surface area contributed by atoms with E-state index in [9.17, 15) is 9.59 Å². The standard InChI is InChI=1S/C16H24N4O2S/c21-15-14(5-1-2-6-17-15)18-16(22)20-9-7-19(8-10-20)12-13-4-3-11-23-13/h3-4,11,14H,1-2,5-10,12H2,(H,17,21)(H,18,22)/t14-/m0/s1. The first-order valence-corrected chi connectivity index (χ1v) is 9.18. The van der Waals surface area contributed by atoms with Gasteiger partial charge in [0.05, 0.1) is 0 Å². The quantitative estimate of drug-likeness (QED) is 0.873. The fraction of sp³-hybridized carbons (Fsp3) is 0.625. The van der Waals surface area contributed by atoms with Crippen LogP contribution in [0.1, 0.15) is 24.1 Å². The second-order valence-corrected chi connectivity index (χ2v) is 7.16. The van der Waals surface area contributed by atoms with E-state index in [-0.39, 0.29) is 18.0 Å². The van der Waals surface area contributed by atoms with Gasteiger partial charge in [-0.1, -0.05) is 6.07 Å². The largest absolute Gasteiger partial charge is 0.354 e. The summed E-state index contributed by atoms with van der Waals surface area (Å²) in [5.41, 5.74) is 0. The van der Waals surface area contributed by atoms with Crippen LogP contribution in [0, 0.1) is 0 Å². The van der Waals surface area contributed by atoms with Crippen LogP contribution in [0.2, 0.25) is 0 Å². The lowest BCUT2D eigenvalue weighted by Gasteiger charge is -2.35. The van der Waals surface area contributed by atoms with Crippen molar-refractivity contribution in [3.05, 3.63) is 22.4 Å². The normalized spacial score (nSPS) is 23.2. The first-order valence-electron chi connectivity index (χ1n) is 8.30. The van der Waals surface area contributed by atoms with Gasteiger partial charge in [-0.05, 0) is 30.7 Å². The van der Waals surface area contributed by atoms with Crippen LogP contribution in [0.4, 0.5) is 4.79 Å². The molecule has 0 radical (unpaired) electrons. The minimum Gasteiger partial charge on any atom is -0.354 e. The topological polar surface area (TPSA) is 64.7 Å². The van der Waals surface area contributed by atoms with Gasteiger partial charge >= 0.3 is 6.03 Å². The number of amides is 3. The number of hydrogen-bond donors (Lipinski definition) is 2. The summed E-state index contributed by atoms with van der Waals surface area (Å²) < 4.78 is 0. The third-order valence-electron chi connectivity index (χ3n) is 4.45. The molecule has 2 aliphatic rings. The number of hydrogen-bond acceptors (Lipinski definition) is 4. The van der Waals surface area contributed by atoms with Crippen molar-refractivity contribution in [3.63, 3.8) is 0 Å². The molecule has 23 heavy (non-hydrogen) atoms. The van der Waals surface area contributed by atoms with Gasteiger partial charge in [0, 0.05) is 44.1 Å². The Morgan fingerprint density at radius 1 is 1.30 bits per heavy atom. The van der Waals surface area contributed by atoms with Crippen molar-refractivity contribution in [1.82, 2.24) is 20.4 Å². The maximum atomic E-state index is 12.4. The van der Waals surface area contributed by atoms with E-state index in [4.69, 9.17) is 0 Å². The highest BCUT2D eigenvalue weighted by Crippen LogP contribution is 2.14. The van der Waals surface area contributed by atoms with E-state index in [1.54, 1.807) is 11.3 Å². The molecule has 3 heterocycles. The molecule has 2 saturated heterocycles. The molecule has 0 unspecified atom stereocenters. The Labute approximate surface area is 140 Å². The highest BCUT2D eigenvalue weighted by atomic mass is 32.1. The van der Waals surface area contributed by atoms with E-state index in [0.717, 1.165) is 38.9 Å². The molecule has 0 spiro atoms. The van der Waals surface area contributed by atoms with Crippen LogP contribution in [0.25, 0.3) is 0 Å². The molecular weight excluding hydrogens is 312 g/mol. The van der Waals surface area contributed by atoms with Gasteiger partial charge < -0.3 is 15.5 Å². The maximum absolute atomic E-state index is 12.4. The zero-order valence-electron chi connectivity index (χ0n) is 13.3. The fourth-order valence-electron chi connectivity index (χ4n) is 3.05. The molecule has 0 aromatic carbocycles. The van der Waals surface area contributed by atoms with Crippen molar-refractivity contribution >= 4 is 23.3 Å². The first kappa shape index (κ1) is 16.3. The van der Waals surface area contributed by atoms with Gasteiger partial charge in [0.15, 0.2) is 0 Å². The maximum Gasteiger partial charge on any atom is 0.318 e. The summed E-state index contributed by atoms with van der Waals surface area (Å²) in [6.45, 7) is 4.85. The number of urea groups is 1. The third-order valence-corrected chi connectivity index (χ3v) is 5.31. The van der Waals surface area contributed by atoms with E-state index in [0.29, 0.717) is 19.6 Å². The minimum absolute atomic E-state index is 0.0489. The molecule has 1 aromatic rings. The van der Waals surface area contributed by atoms with Crippen LogP contribution < -0.4 is 10.6 Å². The van der Waals surface area contributed by atoms with Gasteiger partial charge in [-0.3, -0.25) is 9.69 Å². The molecular formula is C16H24N4O2S. The summed E-state index contributed by atoms with van der Waals surface area (Å²) in [6.07, 6.45) is 2.69. The smallest absolute Gasteiger partial charge is 0.318 e. The van der Waals surface area contributed by atoms with Gasteiger partial charge in [-0.25, -0.2) is 4.79 Å². The number of nitrogens with zero attached hydrogens (tertiary/aromatic N) is 2. The molecule has 2 N–H and O–H groups in total. The molecule has 0 aliphatic carbocycles. The molecule has 6 nitrogen and oxygen atoms in total. The number of piperazine rings is 1. The Balaban J connectivity index is 1.45. The van der Waals surface area contributed by atoms with Crippen LogP contribution in [-0.4, -0.2) is 60.5 Å². The number of carbonyl (C=O) groups is 2. The first-order chi connectivity index (χ1) is 11.2. The van der Waals surface area contributed by atoms with Crippen molar-refractivity contribution in [2.24, 2.45) is 0 Å². The molecule has 7 heteroatoms. The molecule has 1 atom stereocenters. The van der Waals surface area contributed by atoms with Crippen LogP contribution in [0.15, 0.2) is 17.5 Å². The van der Waals surface area contributed by atoms with Gasteiger partial charge in [0.1, 0.15) is 6.04 Å². The Morgan fingerprint density at radius 2 is 2.13 bits per heavy atom. The molecule has 1 aromatic heterocycles. The summed E-state index contributed by atoms with van der Waals surface area (Å²) in [7, 11) is 0. The molecule has 3 amide bonds. The Bertz CT molecular complexity index is 526. The zero-order valence-corrected chi connectivity index (χ0v) is 14.1. The van der Waals surface area contributed by atoms with Crippen LogP contribution in [0.3, 0.4) is 0 Å². The average molecular weight is 336 g/mol. The second kappa shape index (κ2) is 7.79. The van der Waals surface area contributed by atoms with E-state index in [1.807, 2.05) is 4.90 Å². The Hall–Kier alpha value is -1.60. The second-order valence-electron chi connectivity index (χ2n) is 6.13. The summed E-state index contributed by atoms with van der Waals surface area (Å²) in [6, 6.07) is 3.73. The van der Waals surface area contributed by atoms with Gasteiger partial charge in [0.2, 0.25) is 5.91 Å². The van der Waals surface area contributed by atoms with Gasteiger partial charge in [-0.2, -0.15) is 0 Å². The zero-order chi connectivity index (χ0) is 16.1. The minimum atomic E-state index is -0.380. The van der Waals surface area contributed by atoms with Crippen molar-refractivity contribution in [2.75, 3.05) is 32.7 Å². The molecule has 126 valence electrons. The summed E-state index contributed by atoms with van der Waals surface area (Å²) in [4.78, 5) is 29.8.